The summed E-state index contributed by atoms with van der Waals surface area (Å²) in [6.45, 7) is 5.40. The van der Waals surface area contributed by atoms with Gasteiger partial charge in [-0.25, -0.2) is 4.79 Å². The minimum absolute atomic E-state index is 0.0938. The molecule has 3 heteroatoms. The van der Waals surface area contributed by atoms with Crippen molar-refractivity contribution in [1.29, 1.82) is 0 Å². The van der Waals surface area contributed by atoms with E-state index < -0.39 is 17.0 Å². The van der Waals surface area contributed by atoms with Crippen molar-refractivity contribution in [3.05, 3.63) is 0 Å². The van der Waals surface area contributed by atoms with Gasteiger partial charge >= 0.3 is 5.97 Å². The Morgan fingerprint density at radius 1 is 1.13 bits per heavy atom. The van der Waals surface area contributed by atoms with Gasteiger partial charge in [-0.05, 0) is 18.8 Å². The normalized spacial score (nSPS) is 23.5. The highest BCUT2D eigenvalue weighted by atomic mass is 16.4. The lowest BCUT2D eigenvalue weighted by molar-refractivity contribution is -0.184. The Balaban J connectivity index is 2.94. The van der Waals surface area contributed by atoms with Crippen LogP contribution in [-0.4, -0.2) is 21.8 Å². The van der Waals surface area contributed by atoms with Gasteiger partial charge in [0.25, 0.3) is 0 Å². The van der Waals surface area contributed by atoms with E-state index in [4.69, 9.17) is 0 Å². The zero-order valence-electron chi connectivity index (χ0n) is 9.92. The summed E-state index contributed by atoms with van der Waals surface area (Å²) in [5, 5.41) is 19.7. The van der Waals surface area contributed by atoms with Gasteiger partial charge in [0.1, 0.15) is 0 Å². The zero-order chi connectivity index (χ0) is 11.7. The van der Waals surface area contributed by atoms with Crippen molar-refractivity contribution in [2.24, 2.45) is 11.3 Å². The lowest BCUT2D eigenvalue weighted by Crippen LogP contribution is -2.56. The van der Waals surface area contributed by atoms with E-state index in [9.17, 15) is 15.0 Å². The van der Waals surface area contributed by atoms with Crippen molar-refractivity contribution in [1.82, 2.24) is 0 Å². The molecule has 0 saturated heterocycles. The van der Waals surface area contributed by atoms with Gasteiger partial charge in [0.15, 0.2) is 5.60 Å². The fourth-order valence-electron chi connectivity index (χ4n) is 2.63. The first-order valence-corrected chi connectivity index (χ1v) is 5.76. The van der Waals surface area contributed by atoms with Crippen LogP contribution in [0.25, 0.3) is 0 Å². The molecule has 0 amide bonds. The third kappa shape index (κ3) is 2.17. The van der Waals surface area contributed by atoms with Gasteiger partial charge in [-0.15, -0.1) is 0 Å². The van der Waals surface area contributed by atoms with Crippen LogP contribution in [-0.2, 0) is 4.79 Å². The SMILES string of the molecule is CC(C)(C)C(O)(C(=O)O)C1CCCCC1. The van der Waals surface area contributed by atoms with Gasteiger partial charge in [0.05, 0.1) is 0 Å². The average Bonchev–Trinajstić information content (AvgIpc) is 2.16. The molecule has 1 atom stereocenters. The fraction of sp³-hybridized carbons (Fsp3) is 0.917. The smallest absolute Gasteiger partial charge is 0.336 e. The molecule has 0 spiro atoms. The molecule has 0 heterocycles. The molecule has 1 rings (SSSR count). The molecule has 15 heavy (non-hydrogen) atoms. The van der Waals surface area contributed by atoms with Gasteiger partial charge in [0, 0.05) is 5.41 Å². The van der Waals surface area contributed by atoms with Crippen molar-refractivity contribution in [2.45, 2.75) is 58.5 Å². The number of aliphatic hydroxyl groups is 1. The summed E-state index contributed by atoms with van der Waals surface area (Å²) in [6.07, 6.45) is 4.91. The maximum atomic E-state index is 11.3. The molecule has 88 valence electrons. The first kappa shape index (κ1) is 12.5. The van der Waals surface area contributed by atoms with E-state index in [2.05, 4.69) is 0 Å². The Labute approximate surface area is 91.5 Å². The molecular formula is C12H22O3. The van der Waals surface area contributed by atoms with Crippen LogP contribution < -0.4 is 0 Å². The molecule has 3 nitrogen and oxygen atoms in total. The first-order valence-electron chi connectivity index (χ1n) is 5.76. The number of rotatable bonds is 2. The van der Waals surface area contributed by atoms with Crippen molar-refractivity contribution in [3.63, 3.8) is 0 Å². The highest BCUT2D eigenvalue weighted by Crippen LogP contribution is 2.43. The topological polar surface area (TPSA) is 57.5 Å². The second-order valence-corrected chi connectivity index (χ2v) is 5.66. The van der Waals surface area contributed by atoms with Crippen LogP contribution in [0.5, 0.6) is 0 Å². The second kappa shape index (κ2) is 4.12. The van der Waals surface area contributed by atoms with Crippen molar-refractivity contribution in [3.8, 4) is 0 Å². The molecule has 0 radical (unpaired) electrons. The van der Waals surface area contributed by atoms with Crippen LogP contribution >= 0.6 is 0 Å². The van der Waals surface area contributed by atoms with Gasteiger partial charge in [-0.2, -0.15) is 0 Å². The Hall–Kier alpha value is -0.570. The lowest BCUT2D eigenvalue weighted by atomic mass is 9.64. The van der Waals surface area contributed by atoms with E-state index in [1.807, 2.05) is 0 Å². The Bertz CT molecular complexity index is 236. The number of hydrogen-bond acceptors (Lipinski definition) is 2. The summed E-state index contributed by atoms with van der Waals surface area (Å²) in [6, 6.07) is 0. The molecule has 1 unspecified atom stereocenters. The molecule has 1 aliphatic rings. The summed E-state index contributed by atoms with van der Waals surface area (Å²) < 4.78 is 0. The molecule has 1 saturated carbocycles. The van der Waals surface area contributed by atoms with E-state index >= 15 is 0 Å². The predicted octanol–water partition coefficient (Wildman–Crippen LogP) is 2.43. The molecule has 0 bridgehead atoms. The summed E-state index contributed by atoms with van der Waals surface area (Å²) in [4.78, 5) is 11.3. The molecule has 0 aliphatic heterocycles. The predicted molar refractivity (Wildman–Crippen MR) is 58.6 cm³/mol. The maximum absolute atomic E-state index is 11.3. The first-order chi connectivity index (χ1) is 6.80. The van der Waals surface area contributed by atoms with Crippen LogP contribution in [0.2, 0.25) is 0 Å². The van der Waals surface area contributed by atoms with Crippen LogP contribution in [0.1, 0.15) is 52.9 Å². The number of carbonyl (C=O) groups is 1. The van der Waals surface area contributed by atoms with Gasteiger partial charge < -0.3 is 10.2 Å². The molecule has 0 aromatic rings. The third-order valence-electron chi connectivity index (χ3n) is 3.67. The van der Waals surface area contributed by atoms with Gasteiger partial charge in [-0.1, -0.05) is 40.0 Å². The van der Waals surface area contributed by atoms with E-state index in [1.54, 1.807) is 20.8 Å². The van der Waals surface area contributed by atoms with E-state index in [0.29, 0.717) is 0 Å². The van der Waals surface area contributed by atoms with Crippen molar-refractivity contribution < 1.29 is 15.0 Å². The van der Waals surface area contributed by atoms with Crippen molar-refractivity contribution in [2.75, 3.05) is 0 Å². The van der Waals surface area contributed by atoms with Gasteiger partial charge in [-0.3, -0.25) is 0 Å². The number of carboxylic acids is 1. The summed E-state index contributed by atoms with van der Waals surface area (Å²) >= 11 is 0. The van der Waals surface area contributed by atoms with E-state index in [0.717, 1.165) is 32.1 Å². The zero-order valence-corrected chi connectivity index (χ0v) is 9.92. The third-order valence-corrected chi connectivity index (χ3v) is 3.67. The van der Waals surface area contributed by atoms with Crippen LogP contribution in [0, 0.1) is 11.3 Å². The van der Waals surface area contributed by atoms with Crippen molar-refractivity contribution >= 4 is 5.97 Å². The number of carboxylic acid groups (broad SMARTS) is 1. The Morgan fingerprint density at radius 2 is 1.60 bits per heavy atom. The lowest BCUT2D eigenvalue weighted by Gasteiger charge is -2.43. The molecule has 2 N–H and O–H groups in total. The van der Waals surface area contributed by atoms with Crippen LogP contribution in [0.3, 0.4) is 0 Å². The second-order valence-electron chi connectivity index (χ2n) is 5.66. The monoisotopic (exact) mass is 214 g/mol. The number of hydrogen-bond donors (Lipinski definition) is 2. The summed E-state index contributed by atoms with van der Waals surface area (Å²) in [5.41, 5.74) is -2.19. The van der Waals surface area contributed by atoms with Crippen LogP contribution in [0.4, 0.5) is 0 Å². The summed E-state index contributed by atoms with van der Waals surface area (Å²) in [7, 11) is 0. The fourth-order valence-corrected chi connectivity index (χ4v) is 2.63. The number of aliphatic carboxylic acids is 1. The minimum atomic E-state index is -1.58. The molecule has 0 aromatic heterocycles. The molecule has 0 aromatic carbocycles. The largest absolute Gasteiger partial charge is 0.479 e. The summed E-state index contributed by atoms with van der Waals surface area (Å²) in [5.74, 6) is -1.16. The Kier molecular flexibility index (Phi) is 3.44. The Morgan fingerprint density at radius 3 is 1.93 bits per heavy atom. The standard InChI is InChI=1S/C12H22O3/c1-11(2,3)12(15,10(13)14)9-7-5-4-6-8-9/h9,15H,4-8H2,1-3H3,(H,13,14). The maximum Gasteiger partial charge on any atom is 0.336 e. The van der Waals surface area contributed by atoms with Crippen LogP contribution in [0.15, 0.2) is 0 Å². The van der Waals surface area contributed by atoms with E-state index in [1.165, 1.54) is 0 Å². The quantitative estimate of drug-likeness (QED) is 0.742. The molecule has 1 fully saturated rings. The minimum Gasteiger partial charge on any atom is -0.479 e. The van der Waals surface area contributed by atoms with E-state index in [-0.39, 0.29) is 5.92 Å². The molecular weight excluding hydrogens is 192 g/mol. The molecule has 1 aliphatic carbocycles. The highest BCUT2D eigenvalue weighted by molar-refractivity contribution is 5.78. The average molecular weight is 214 g/mol. The van der Waals surface area contributed by atoms with Gasteiger partial charge in [0.2, 0.25) is 0 Å². The highest BCUT2D eigenvalue weighted by Gasteiger charge is 2.52.